The van der Waals surface area contributed by atoms with Crippen molar-refractivity contribution in [1.29, 1.82) is 0 Å². The van der Waals surface area contributed by atoms with E-state index in [9.17, 15) is 0 Å². The Hall–Kier alpha value is -2.55. The SMILES string of the molecule is Cc1cc2c(cc1-c1c[n+](C)cn1C)oc1ccccc12. The van der Waals surface area contributed by atoms with Crippen LogP contribution < -0.4 is 4.57 Å². The fourth-order valence-electron chi connectivity index (χ4n) is 3.07. The summed E-state index contributed by atoms with van der Waals surface area (Å²) >= 11 is 0. The standard InChI is InChI=1S/C18H17N2O/c1-12-8-15-13-6-4-5-7-17(13)21-18(15)9-14(12)16-10-19(2)11-20(16)3/h4-11H,1-3H3/q+1. The molecule has 0 amide bonds. The molecule has 0 fully saturated rings. The number of nitrogens with zero attached hydrogens (tertiary/aromatic N) is 2. The molecule has 0 spiro atoms. The van der Waals surface area contributed by atoms with Crippen LogP contribution in [-0.4, -0.2) is 4.57 Å². The lowest BCUT2D eigenvalue weighted by Crippen LogP contribution is -2.23. The summed E-state index contributed by atoms with van der Waals surface area (Å²) in [6.45, 7) is 2.16. The Morgan fingerprint density at radius 2 is 1.86 bits per heavy atom. The predicted octanol–water partition coefficient (Wildman–Crippen LogP) is 3.72. The molecule has 0 atom stereocenters. The number of aromatic nitrogens is 2. The quantitative estimate of drug-likeness (QED) is 0.486. The molecule has 2 aromatic carbocycles. The van der Waals surface area contributed by atoms with Crippen molar-refractivity contribution in [2.45, 2.75) is 6.92 Å². The lowest BCUT2D eigenvalue weighted by atomic mass is 10.0. The molecule has 4 aromatic rings. The number of furan rings is 1. The average Bonchev–Trinajstić information content (AvgIpc) is 2.97. The molecule has 2 aromatic heterocycles. The molecule has 0 aliphatic rings. The third-order valence-corrected chi connectivity index (χ3v) is 4.06. The van der Waals surface area contributed by atoms with Gasteiger partial charge in [-0.05, 0) is 30.7 Å². The Labute approximate surface area is 123 Å². The van der Waals surface area contributed by atoms with Crippen LogP contribution >= 0.6 is 0 Å². The van der Waals surface area contributed by atoms with E-state index >= 15 is 0 Å². The maximum Gasteiger partial charge on any atom is 0.243 e. The van der Waals surface area contributed by atoms with Crippen LogP contribution in [0.5, 0.6) is 0 Å². The van der Waals surface area contributed by atoms with E-state index in [2.05, 4.69) is 59.9 Å². The number of benzene rings is 2. The number of hydrogen-bond donors (Lipinski definition) is 0. The Balaban J connectivity index is 2.05. The van der Waals surface area contributed by atoms with Crippen LogP contribution in [0.4, 0.5) is 0 Å². The van der Waals surface area contributed by atoms with E-state index in [1.165, 1.54) is 27.6 Å². The Morgan fingerprint density at radius 1 is 1.05 bits per heavy atom. The summed E-state index contributed by atoms with van der Waals surface area (Å²) in [6.07, 6.45) is 4.20. The van der Waals surface area contributed by atoms with Crippen LogP contribution in [0.3, 0.4) is 0 Å². The van der Waals surface area contributed by atoms with Gasteiger partial charge in [0.25, 0.3) is 0 Å². The van der Waals surface area contributed by atoms with Gasteiger partial charge in [-0.2, -0.15) is 0 Å². The molecule has 0 unspecified atom stereocenters. The van der Waals surface area contributed by atoms with Crippen LogP contribution in [0.25, 0.3) is 33.2 Å². The van der Waals surface area contributed by atoms with Crippen molar-refractivity contribution in [3.63, 3.8) is 0 Å². The normalized spacial score (nSPS) is 11.6. The highest BCUT2D eigenvalue weighted by atomic mass is 16.3. The van der Waals surface area contributed by atoms with E-state index in [0.29, 0.717) is 0 Å². The van der Waals surface area contributed by atoms with Crippen molar-refractivity contribution in [2.75, 3.05) is 0 Å². The van der Waals surface area contributed by atoms with Crippen molar-refractivity contribution < 1.29 is 8.98 Å². The number of aryl methyl sites for hydroxylation is 3. The third-order valence-electron chi connectivity index (χ3n) is 4.06. The van der Waals surface area contributed by atoms with E-state index in [0.717, 1.165) is 11.2 Å². The van der Waals surface area contributed by atoms with Gasteiger partial charge in [0, 0.05) is 16.3 Å². The van der Waals surface area contributed by atoms with Crippen molar-refractivity contribution in [1.82, 2.24) is 4.57 Å². The first kappa shape index (κ1) is 12.2. The van der Waals surface area contributed by atoms with Crippen molar-refractivity contribution >= 4 is 21.9 Å². The number of imidazole rings is 1. The lowest BCUT2D eigenvalue weighted by molar-refractivity contribution is -0.670. The maximum atomic E-state index is 6.00. The molecule has 0 radical (unpaired) electrons. The zero-order chi connectivity index (χ0) is 14.6. The number of hydrogen-bond acceptors (Lipinski definition) is 1. The summed E-state index contributed by atoms with van der Waals surface area (Å²) in [4.78, 5) is 0. The van der Waals surface area contributed by atoms with Gasteiger partial charge in [0.1, 0.15) is 17.4 Å². The average molecular weight is 277 g/mol. The minimum atomic E-state index is 0.945. The molecule has 0 saturated heterocycles. The van der Waals surface area contributed by atoms with Gasteiger partial charge >= 0.3 is 0 Å². The first-order valence-electron chi connectivity index (χ1n) is 7.07. The fraction of sp³-hybridized carbons (Fsp3) is 0.167. The van der Waals surface area contributed by atoms with Gasteiger partial charge in [-0.25, -0.2) is 9.13 Å². The van der Waals surface area contributed by atoms with Crippen LogP contribution in [0.15, 0.2) is 53.3 Å². The topological polar surface area (TPSA) is 21.9 Å². The van der Waals surface area contributed by atoms with Crippen molar-refractivity contribution in [3.05, 3.63) is 54.5 Å². The predicted molar refractivity (Wildman–Crippen MR) is 84.0 cm³/mol. The molecule has 0 saturated carbocycles. The summed E-state index contributed by atoms with van der Waals surface area (Å²) in [7, 11) is 4.11. The molecule has 104 valence electrons. The Bertz CT molecular complexity index is 976. The first-order chi connectivity index (χ1) is 10.1. The van der Waals surface area contributed by atoms with Gasteiger partial charge in [-0.1, -0.05) is 18.2 Å². The molecule has 3 nitrogen and oxygen atoms in total. The van der Waals surface area contributed by atoms with Crippen LogP contribution in [0, 0.1) is 6.92 Å². The Kier molecular flexibility index (Phi) is 2.45. The van der Waals surface area contributed by atoms with Crippen LogP contribution in [-0.2, 0) is 14.1 Å². The van der Waals surface area contributed by atoms with Gasteiger partial charge < -0.3 is 4.42 Å². The van der Waals surface area contributed by atoms with Gasteiger partial charge in [0.15, 0.2) is 5.69 Å². The summed E-state index contributed by atoms with van der Waals surface area (Å²) < 4.78 is 10.2. The van der Waals surface area contributed by atoms with Gasteiger partial charge in [0.05, 0.1) is 14.1 Å². The molecular weight excluding hydrogens is 260 g/mol. The minimum Gasteiger partial charge on any atom is -0.456 e. The van der Waals surface area contributed by atoms with Gasteiger partial charge in [-0.15, -0.1) is 0 Å². The maximum absolute atomic E-state index is 6.00. The second-order valence-corrected chi connectivity index (χ2v) is 5.67. The molecule has 3 heteroatoms. The van der Waals surface area contributed by atoms with E-state index in [1.807, 2.05) is 19.2 Å². The molecule has 2 heterocycles. The Morgan fingerprint density at radius 3 is 2.62 bits per heavy atom. The highest BCUT2D eigenvalue weighted by molar-refractivity contribution is 6.06. The fourth-order valence-corrected chi connectivity index (χ4v) is 3.07. The zero-order valence-electron chi connectivity index (χ0n) is 12.4. The van der Waals surface area contributed by atoms with E-state index in [4.69, 9.17) is 4.42 Å². The molecular formula is C18H17N2O+. The largest absolute Gasteiger partial charge is 0.456 e. The zero-order valence-corrected chi connectivity index (χ0v) is 12.4. The lowest BCUT2D eigenvalue weighted by Gasteiger charge is -2.02. The summed E-state index contributed by atoms with van der Waals surface area (Å²) in [5.41, 5.74) is 5.56. The third kappa shape index (κ3) is 1.77. The van der Waals surface area contributed by atoms with E-state index in [1.54, 1.807) is 0 Å². The van der Waals surface area contributed by atoms with E-state index < -0.39 is 0 Å². The van der Waals surface area contributed by atoms with Crippen molar-refractivity contribution in [2.24, 2.45) is 14.1 Å². The second-order valence-electron chi connectivity index (χ2n) is 5.67. The second kappa shape index (κ2) is 4.22. The summed E-state index contributed by atoms with van der Waals surface area (Å²) in [6, 6.07) is 12.6. The molecule has 0 N–H and O–H groups in total. The first-order valence-corrected chi connectivity index (χ1v) is 7.07. The summed E-state index contributed by atoms with van der Waals surface area (Å²) in [5.74, 6) is 0. The molecule has 0 bridgehead atoms. The number of para-hydroxylation sites is 1. The number of fused-ring (bicyclic) bond motifs is 3. The molecule has 21 heavy (non-hydrogen) atoms. The molecule has 0 aliphatic heterocycles. The summed E-state index contributed by atoms with van der Waals surface area (Å²) in [5, 5.41) is 2.37. The van der Waals surface area contributed by atoms with Gasteiger partial charge in [-0.3, -0.25) is 0 Å². The molecule has 0 aliphatic carbocycles. The highest BCUT2D eigenvalue weighted by Crippen LogP contribution is 2.33. The monoisotopic (exact) mass is 277 g/mol. The minimum absolute atomic E-state index is 0.945. The van der Waals surface area contributed by atoms with Crippen molar-refractivity contribution in [3.8, 4) is 11.3 Å². The smallest absolute Gasteiger partial charge is 0.243 e. The number of rotatable bonds is 1. The van der Waals surface area contributed by atoms with E-state index in [-0.39, 0.29) is 0 Å². The van der Waals surface area contributed by atoms with Gasteiger partial charge in [0.2, 0.25) is 6.33 Å². The van der Waals surface area contributed by atoms with Crippen LogP contribution in [0.1, 0.15) is 5.56 Å². The van der Waals surface area contributed by atoms with Crippen LogP contribution in [0.2, 0.25) is 0 Å². The highest BCUT2D eigenvalue weighted by Gasteiger charge is 2.16. The molecule has 4 rings (SSSR count).